The van der Waals surface area contributed by atoms with Crippen LogP contribution in [0.2, 0.25) is 0 Å². The van der Waals surface area contributed by atoms with E-state index in [4.69, 9.17) is 0 Å². The van der Waals surface area contributed by atoms with Gasteiger partial charge in [0.1, 0.15) is 11.9 Å². The lowest BCUT2D eigenvalue weighted by atomic mass is 10.1. The van der Waals surface area contributed by atoms with Crippen molar-refractivity contribution >= 4 is 33.6 Å². The maximum absolute atomic E-state index is 9.88. The summed E-state index contributed by atoms with van der Waals surface area (Å²) < 4.78 is 2.12. The Morgan fingerprint density at radius 3 is 2.72 bits per heavy atom. The molecule has 3 aromatic carbocycles. The Kier molecular flexibility index (Phi) is 4.78. The Morgan fingerprint density at radius 1 is 1.06 bits per heavy atom. The Bertz CT molecular complexity index is 1580. The molecule has 0 amide bonds. The minimum absolute atomic E-state index is 0.471. The number of H-pyrrole nitrogens is 1. The van der Waals surface area contributed by atoms with Crippen molar-refractivity contribution in [3.05, 3.63) is 101 Å². The zero-order valence-corrected chi connectivity index (χ0v) is 17.5. The summed E-state index contributed by atoms with van der Waals surface area (Å²) in [6.07, 6.45) is 3.91. The van der Waals surface area contributed by atoms with Gasteiger partial charge < -0.3 is 9.55 Å². The third kappa shape index (κ3) is 3.43. The van der Waals surface area contributed by atoms with Gasteiger partial charge in [-0.05, 0) is 48.4 Å². The van der Waals surface area contributed by atoms with Crippen molar-refractivity contribution in [2.45, 2.75) is 13.5 Å². The number of nitrogens with one attached hydrogen (secondary N) is 1. The summed E-state index contributed by atoms with van der Waals surface area (Å²) in [6, 6.07) is 26.3. The van der Waals surface area contributed by atoms with Crippen molar-refractivity contribution in [2.75, 3.05) is 0 Å². The number of benzene rings is 3. The average Bonchev–Trinajstić information content (AvgIpc) is 3.39. The molecule has 0 spiro atoms. The minimum atomic E-state index is 0.471. The number of para-hydroxylation sites is 1. The largest absolute Gasteiger partial charge is 0.342 e. The van der Waals surface area contributed by atoms with Crippen LogP contribution in [-0.2, 0) is 6.54 Å². The molecule has 0 aliphatic rings. The van der Waals surface area contributed by atoms with Crippen LogP contribution >= 0.6 is 0 Å². The third-order valence-corrected chi connectivity index (χ3v) is 5.61. The predicted octanol–water partition coefficient (Wildman–Crippen LogP) is 5.81. The van der Waals surface area contributed by atoms with Crippen LogP contribution in [0.5, 0.6) is 0 Å². The van der Waals surface area contributed by atoms with E-state index in [1.807, 2.05) is 79.9 Å². The maximum atomic E-state index is 9.88. The normalized spacial score (nSPS) is 11.5. The van der Waals surface area contributed by atoms with Crippen molar-refractivity contribution in [3.8, 4) is 12.1 Å². The molecule has 2 aromatic heterocycles. The number of aromatic nitrogens is 3. The summed E-state index contributed by atoms with van der Waals surface area (Å²) in [5.41, 5.74) is 6.96. The van der Waals surface area contributed by atoms with E-state index in [0.717, 1.165) is 38.6 Å². The summed E-state index contributed by atoms with van der Waals surface area (Å²) in [4.78, 5) is 7.88. The lowest BCUT2D eigenvalue weighted by molar-refractivity contribution is 0.833. The van der Waals surface area contributed by atoms with Crippen LogP contribution < -0.4 is 0 Å². The number of aryl methyl sites for hydroxylation is 1. The zero-order valence-electron chi connectivity index (χ0n) is 17.5. The van der Waals surface area contributed by atoms with Gasteiger partial charge >= 0.3 is 0 Å². The molecule has 0 saturated carbocycles. The summed E-state index contributed by atoms with van der Waals surface area (Å²) in [5.74, 6) is 0.555. The maximum Gasteiger partial charge on any atom is 0.149 e. The Labute approximate surface area is 185 Å². The third-order valence-electron chi connectivity index (χ3n) is 5.61. The summed E-state index contributed by atoms with van der Waals surface area (Å²) >= 11 is 0. The van der Waals surface area contributed by atoms with E-state index >= 15 is 0 Å². The quantitative estimate of drug-likeness (QED) is 0.378. The molecule has 1 N–H and O–H groups in total. The Morgan fingerprint density at radius 2 is 1.88 bits per heavy atom. The highest BCUT2D eigenvalue weighted by atomic mass is 15.0. The van der Waals surface area contributed by atoms with Crippen LogP contribution in [-0.4, -0.2) is 14.5 Å². The first-order chi connectivity index (χ1) is 15.7. The number of aromatic amines is 1. The van der Waals surface area contributed by atoms with E-state index in [-0.39, 0.29) is 0 Å². The molecule has 0 saturated heterocycles. The van der Waals surface area contributed by atoms with Crippen molar-refractivity contribution in [1.82, 2.24) is 14.5 Å². The number of nitriles is 2. The van der Waals surface area contributed by atoms with Crippen LogP contribution in [0.25, 0.3) is 33.6 Å². The van der Waals surface area contributed by atoms with E-state index in [9.17, 15) is 10.5 Å². The number of hydrogen-bond acceptors (Lipinski definition) is 3. The fourth-order valence-corrected chi connectivity index (χ4v) is 4.03. The smallest absolute Gasteiger partial charge is 0.149 e. The van der Waals surface area contributed by atoms with Crippen molar-refractivity contribution in [1.29, 1.82) is 10.5 Å². The number of fused-ring (bicyclic) bond motifs is 2. The zero-order chi connectivity index (χ0) is 22.1. The van der Waals surface area contributed by atoms with E-state index in [0.29, 0.717) is 23.5 Å². The van der Waals surface area contributed by atoms with E-state index < -0.39 is 0 Å². The van der Waals surface area contributed by atoms with Crippen LogP contribution in [0.1, 0.15) is 28.1 Å². The monoisotopic (exact) mass is 413 g/mol. The van der Waals surface area contributed by atoms with Gasteiger partial charge in [0, 0.05) is 29.2 Å². The minimum Gasteiger partial charge on any atom is -0.342 e. The van der Waals surface area contributed by atoms with E-state index in [1.54, 1.807) is 0 Å². The van der Waals surface area contributed by atoms with Crippen molar-refractivity contribution < 1.29 is 0 Å². The molecule has 0 fully saturated rings. The Balaban J connectivity index is 1.61. The fraction of sp³-hybridized carbons (Fsp3) is 0.0741. The predicted molar refractivity (Wildman–Crippen MR) is 127 cm³/mol. The fourth-order valence-electron chi connectivity index (χ4n) is 4.03. The number of hydrogen-bond donors (Lipinski definition) is 1. The van der Waals surface area contributed by atoms with Crippen LogP contribution in [0, 0.1) is 29.6 Å². The first kappa shape index (κ1) is 19.4. The van der Waals surface area contributed by atoms with Gasteiger partial charge in [0.15, 0.2) is 0 Å². The SMILES string of the molecule is Cc1ccc2nc(/C(C#N)=C\c3cn(Cc4ccccc4C#N)c4ccccc34)[nH]c2c1. The number of rotatable bonds is 4. The highest BCUT2D eigenvalue weighted by Gasteiger charge is 2.13. The molecule has 5 nitrogen and oxygen atoms in total. The number of nitrogens with zero attached hydrogens (tertiary/aromatic N) is 4. The number of imidazole rings is 1. The molecule has 0 bridgehead atoms. The highest BCUT2D eigenvalue weighted by Crippen LogP contribution is 2.27. The van der Waals surface area contributed by atoms with Gasteiger partial charge in [-0.3, -0.25) is 0 Å². The van der Waals surface area contributed by atoms with Crippen LogP contribution in [0.3, 0.4) is 0 Å². The summed E-state index contributed by atoms with van der Waals surface area (Å²) in [6.45, 7) is 2.60. The number of allylic oxidation sites excluding steroid dienone is 1. The first-order valence-corrected chi connectivity index (χ1v) is 10.3. The first-order valence-electron chi connectivity index (χ1n) is 10.3. The van der Waals surface area contributed by atoms with Crippen molar-refractivity contribution in [2.24, 2.45) is 0 Å². The molecular formula is C27H19N5. The molecule has 5 aromatic rings. The van der Waals surface area contributed by atoms with Gasteiger partial charge in [-0.2, -0.15) is 10.5 Å². The molecule has 152 valence electrons. The topological polar surface area (TPSA) is 81.2 Å². The van der Waals surface area contributed by atoms with Gasteiger partial charge in [-0.1, -0.05) is 42.5 Å². The lowest BCUT2D eigenvalue weighted by Crippen LogP contribution is -2.00. The van der Waals surface area contributed by atoms with E-state index in [1.165, 1.54) is 0 Å². The average molecular weight is 413 g/mol. The van der Waals surface area contributed by atoms with E-state index in [2.05, 4.69) is 32.7 Å². The van der Waals surface area contributed by atoms with Crippen molar-refractivity contribution in [3.63, 3.8) is 0 Å². The molecule has 5 rings (SSSR count). The van der Waals surface area contributed by atoms with Gasteiger partial charge in [0.25, 0.3) is 0 Å². The molecule has 5 heteroatoms. The molecule has 2 heterocycles. The molecule has 0 aliphatic heterocycles. The van der Waals surface area contributed by atoms with Gasteiger partial charge in [0.05, 0.1) is 28.2 Å². The second-order valence-electron chi connectivity index (χ2n) is 7.77. The molecule has 0 radical (unpaired) electrons. The molecule has 0 aliphatic carbocycles. The summed E-state index contributed by atoms with van der Waals surface area (Å²) in [7, 11) is 0. The molecule has 0 atom stereocenters. The molecule has 32 heavy (non-hydrogen) atoms. The second kappa shape index (κ2) is 7.91. The summed E-state index contributed by atoms with van der Waals surface area (Å²) in [5, 5.41) is 20.4. The van der Waals surface area contributed by atoms with Crippen LogP contribution in [0.15, 0.2) is 72.9 Å². The Hall–Kier alpha value is -4.61. The lowest BCUT2D eigenvalue weighted by Gasteiger charge is -2.07. The van der Waals surface area contributed by atoms with Gasteiger partial charge in [0.2, 0.25) is 0 Å². The standard InChI is InChI=1S/C27H19N5/c1-18-10-11-24-25(12-18)31-27(30-24)21(15-29)13-22-17-32(26-9-5-4-8-23(22)26)16-20-7-3-2-6-19(20)14-28/h2-13,17H,16H2,1H3,(H,30,31)/b21-13-. The van der Waals surface area contributed by atoms with Gasteiger partial charge in [-0.15, -0.1) is 0 Å². The second-order valence-corrected chi connectivity index (χ2v) is 7.77. The highest BCUT2D eigenvalue weighted by molar-refractivity contribution is 5.98. The molecule has 0 unspecified atom stereocenters. The van der Waals surface area contributed by atoms with Crippen LogP contribution in [0.4, 0.5) is 0 Å². The van der Waals surface area contributed by atoms with Gasteiger partial charge in [-0.25, -0.2) is 4.98 Å². The molecular weight excluding hydrogens is 394 g/mol.